The third-order valence-corrected chi connectivity index (χ3v) is 1.83. The molecule has 0 aliphatic heterocycles. The number of ether oxygens (including phenoxy) is 2. The highest BCUT2D eigenvalue weighted by molar-refractivity contribution is 7.97. The number of methoxy groups -OCH3 is 2. The van der Waals surface area contributed by atoms with Gasteiger partial charge in [0.2, 0.25) is 0 Å². The highest BCUT2D eigenvalue weighted by atomic mass is 32.2. The summed E-state index contributed by atoms with van der Waals surface area (Å²) in [5, 5.41) is 0. The molecule has 0 saturated carbocycles. The van der Waals surface area contributed by atoms with Crippen LogP contribution in [0, 0.1) is 0 Å². The van der Waals surface area contributed by atoms with Gasteiger partial charge in [-0.25, -0.2) is 0 Å². The summed E-state index contributed by atoms with van der Waals surface area (Å²) in [6.07, 6.45) is 1.97. The molecule has 0 fully saturated rings. The molecule has 1 rings (SSSR count). The first kappa shape index (κ1) is 10.0. The predicted octanol–water partition coefficient (Wildman–Crippen LogP) is 0.752. The minimum Gasteiger partial charge on any atom is -0.467 e. The van der Waals surface area contributed by atoms with Crippen LogP contribution in [0.15, 0.2) is 0 Å². The summed E-state index contributed by atoms with van der Waals surface area (Å²) in [6.45, 7) is 0. The first-order valence-corrected chi connectivity index (χ1v) is 5.01. The summed E-state index contributed by atoms with van der Waals surface area (Å²) >= 11 is 1.63. The van der Waals surface area contributed by atoms with Gasteiger partial charge in [0.05, 0.1) is 20.0 Å². The monoisotopic (exact) mass is 201 g/mol. The van der Waals surface area contributed by atoms with Crippen molar-refractivity contribution in [3.8, 4) is 12.0 Å². The van der Waals surface area contributed by atoms with Crippen LogP contribution in [0.3, 0.4) is 0 Å². The van der Waals surface area contributed by atoms with E-state index >= 15 is 0 Å². The molecule has 1 heterocycles. The van der Waals surface area contributed by atoms with E-state index < -0.39 is 0 Å². The van der Waals surface area contributed by atoms with Gasteiger partial charge in [0.1, 0.15) is 5.82 Å². The van der Waals surface area contributed by atoms with Crippen molar-refractivity contribution in [1.29, 1.82) is 0 Å². The van der Waals surface area contributed by atoms with E-state index in [1.54, 1.807) is 11.8 Å². The Kier molecular flexibility index (Phi) is 3.75. The smallest absolute Gasteiger partial charge is 0.322 e. The van der Waals surface area contributed by atoms with E-state index in [1.165, 1.54) is 14.2 Å². The standard InChI is InChI=1S/C7H11N3O2S/c1-11-6-8-5(4-13-3)9-7(10-6)12-2/h4H2,1-3H3. The van der Waals surface area contributed by atoms with Crippen LogP contribution >= 0.6 is 11.8 Å². The molecule has 0 atom stereocenters. The molecular formula is C7H11N3O2S. The van der Waals surface area contributed by atoms with Gasteiger partial charge in [-0.15, -0.1) is 4.98 Å². The van der Waals surface area contributed by atoms with Gasteiger partial charge < -0.3 is 9.47 Å². The zero-order valence-corrected chi connectivity index (χ0v) is 8.59. The SMILES string of the molecule is COc1nc(CSC)nc(OC)n1. The van der Waals surface area contributed by atoms with Gasteiger partial charge >= 0.3 is 12.0 Å². The summed E-state index contributed by atoms with van der Waals surface area (Å²) in [5.74, 6) is 1.38. The Balaban J connectivity index is 2.93. The maximum absolute atomic E-state index is 4.89. The van der Waals surface area contributed by atoms with E-state index in [1.807, 2.05) is 6.26 Å². The molecule has 5 nitrogen and oxygen atoms in total. The van der Waals surface area contributed by atoms with Gasteiger partial charge in [-0.2, -0.15) is 21.7 Å². The van der Waals surface area contributed by atoms with Crippen molar-refractivity contribution in [2.45, 2.75) is 5.75 Å². The topological polar surface area (TPSA) is 57.1 Å². The molecule has 72 valence electrons. The van der Waals surface area contributed by atoms with Crippen molar-refractivity contribution < 1.29 is 9.47 Å². The maximum atomic E-state index is 4.89. The summed E-state index contributed by atoms with van der Waals surface area (Å²) in [5.41, 5.74) is 0. The van der Waals surface area contributed by atoms with Crippen molar-refractivity contribution in [1.82, 2.24) is 15.0 Å². The molecule has 0 N–H and O–H groups in total. The van der Waals surface area contributed by atoms with Crippen molar-refractivity contribution in [2.24, 2.45) is 0 Å². The Hall–Kier alpha value is -1.04. The number of aromatic nitrogens is 3. The summed E-state index contributed by atoms with van der Waals surface area (Å²) in [6, 6.07) is 0.576. The minimum atomic E-state index is 0.288. The van der Waals surface area contributed by atoms with Crippen LogP contribution in [-0.2, 0) is 5.75 Å². The minimum absolute atomic E-state index is 0.288. The lowest BCUT2D eigenvalue weighted by Gasteiger charge is -2.03. The quantitative estimate of drug-likeness (QED) is 0.716. The molecule has 1 aromatic rings. The first-order chi connectivity index (χ1) is 6.30. The third-order valence-electron chi connectivity index (χ3n) is 1.28. The fraction of sp³-hybridized carbons (Fsp3) is 0.571. The molecule has 0 unspecified atom stereocenters. The van der Waals surface area contributed by atoms with Crippen LogP contribution in [0.2, 0.25) is 0 Å². The number of nitrogens with zero attached hydrogens (tertiary/aromatic N) is 3. The molecule has 0 bridgehead atoms. The average molecular weight is 201 g/mol. The highest BCUT2D eigenvalue weighted by Crippen LogP contribution is 2.11. The molecule has 0 aliphatic carbocycles. The lowest BCUT2D eigenvalue weighted by atomic mass is 10.7. The Morgan fingerprint density at radius 1 is 1.08 bits per heavy atom. The first-order valence-electron chi connectivity index (χ1n) is 3.62. The third kappa shape index (κ3) is 2.73. The lowest BCUT2D eigenvalue weighted by Crippen LogP contribution is -2.02. The normalized spacial score (nSPS) is 9.77. The number of hydrogen-bond acceptors (Lipinski definition) is 6. The zero-order valence-electron chi connectivity index (χ0n) is 7.77. The molecule has 0 saturated heterocycles. The Morgan fingerprint density at radius 2 is 1.62 bits per heavy atom. The summed E-state index contributed by atoms with van der Waals surface area (Å²) < 4.78 is 9.78. The number of hydrogen-bond donors (Lipinski definition) is 0. The fourth-order valence-corrected chi connectivity index (χ4v) is 1.14. The van der Waals surface area contributed by atoms with Crippen LogP contribution < -0.4 is 9.47 Å². The number of thioether (sulfide) groups is 1. The van der Waals surface area contributed by atoms with Crippen LogP contribution in [0.4, 0.5) is 0 Å². The van der Waals surface area contributed by atoms with Crippen molar-refractivity contribution in [3.63, 3.8) is 0 Å². The molecule has 0 aliphatic rings. The Bertz CT molecular complexity index is 260. The van der Waals surface area contributed by atoms with Crippen molar-refractivity contribution in [2.75, 3.05) is 20.5 Å². The second kappa shape index (κ2) is 4.86. The van der Waals surface area contributed by atoms with Crippen LogP contribution in [0.25, 0.3) is 0 Å². The van der Waals surface area contributed by atoms with Crippen LogP contribution in [0.1, 0.15) is 5.82 Å². The van der Waals surface area contributed by atoms with E-state index in [4.69, 9.17) is 9.47 Å². The van der Waals surface area contributed by atoms with Crippen molar-refractivity contribution >= 4 is 11.8 Å². The zero-order chi connectivity index (χ0) is 9.68. The second-order valence-corrected chi connectivity index (χ2v) is 3.02. The van der Waals surface area contributed by atoms with Gasteiger partial charge in [0, 0.05) is 0 Å². The van der Waals surface area contributed by atoms with E-state index in [0.717, 1.165) is 5.75 Å². The summed E-state index contributed by atoms with van der Waals surface area (Å²) in [4.78, 5) is 12.0. The van der Waals surface area contributed by atoms with Gasteiger partial charge in [0.15, 0.2) is 0 Å². The predicted molar refractivity (Wildman–Crippen MR) is 50.2 cm³/mol. The average Bonchev–Trinajstić information content (AvgIpc) is 2.17. The van der Waals surface area contributed by atoms with Crippen LogP contribution in [-0.4, -0.2) is 35.4 Å². The maximum Gasteiger partial charge on any atom is 0.322 e. The molecule has 6 heteroatoms. The molecule has 13 heavy (non-hydrogen) atoms. The largest absolute Gasteiger partial charge is 0.467 e. The molecular weight excluding hydrogens is 190 g/mol. The summed E-state index contributed by atoms with van der Waals surface area (Å²) in [7, 11) is 3.02. The molecule has 1 aromatic heterocycles. The molecule has 0 spiro atoms. The van der Waals surface area contributed by atoms with E-state index in [2.05, 4.69) is 15.0 Å². The van der Waals surface area contributed by atoms with Crippen molar-refractivity contribution in [3.05, 3.63) is 5.82 Å². The molecule has 0 radical (unpaired) electrons. The molecule has 0 aromatic carbocycles. The van der Waals surface area contributed by atoms with Gasteiger partial charge in [-0.1, -0.05) is 0 Å². The van der Waals surface area contributed by atoms with Crippen LogP contribution in [0.5, 0.6) is 12.0 Å². The number of rotatable bonds is 4. The Morgan fingerprint density at radius 3 is 2.00 bits per heavy atom. The second-order valence-electron chi connectivity index (χ2n) is 2.16. The highest BCUT2D eigenvalue weighted by Gasteiger charge is 2.05. The molecule has 0 amide bonds. The van der Waals surface area contributed by atoms with Gasteiger partial charge in [-0.3, -0.25) is 0 Å². The Labute approximate surface area is 80.9 Å². The fourth-order valence-electron chi connectivity index (χ4n) is 0.754. The van der Waals surface area contributed by atoms with E-state index in [9.17, 15) is 0 Å². The van der Waals surface area contributed by atoms with Gasteiger partial charge in [0.25, 0.3) is 0 Å². The van der Waals surface area contributed by atoms with Gasteiger partial charge in [-0.05, 0) is 6.26 Å². The lowest BCUT2D eigenvalue weighted by molar-refractivity contribution is 0.337. The van der Waals surface area contributed by atoms with E-state index in [0.29, 0.717) is 5.82 Å². The van der Waals surface area contributed by atoms with E-state index in [-0.39, 0.29) is 12.0 Å².